The summed E-state index contributed by atoms with van der Waals surface area (Å²) in [7, 11) is 0. The summed E-state index contributed by atoms with van der Waals surface area (Å²) in [6.45, 7) is 5.43. The van der Waals surface area contributed by atoms with Crippen molar-refractivity contribution in [2.24, 2.45) is 17.8 Å². The van der Waals surface area contributed by atoms with E-state index in [1.807, 2.05) is 24.3 Å². The van der Waals surface area contributed by atoms with Gasteiger partial charge in [-0.15, -0.1) is 0 Å². The number of aldehydes is 1. The van der Waals surface area contributed by atoms with Gasteiger partial charge in [-0.1, -0.05) is 31.5 Å². The molecule has 2 amide bonds. The first-order valence-electron chi connectivity index (χ1n) is 13.1. The topological polar surface area (TPSA) is 61.4 Å². The van der Waals surface area contributed by atoms with E-state index < -0.39 is 0 Å². The van der Waals surface area contributed by atoms with Crippen molar-refractivity contribution in [3.05, 3.63) is 53.1 Å². The summed E-state index contributed by atoms with van der Waals surface area (Å²) in [6.07, 6.45) is 9.00. The van der Waals surface area contributed by atoms with Gasteiger partial charge in [0.1, 0.15) is 6.29 Å². The van der Waals surface area contributed by atoms with Crippen molar-refractivity contribution in [1.29, 1.82) is 0 Å². The van der Waals surface area contributed by atoms with Gasteiger partial charge >= 0.3 is 6.03 Å². The number of likely N-dealkylation sites (tertiary alicyclic amines) is 1. The van der Waals surface area contributed by atoms with E-state index in [0.717, 1.165) is 53.3 Å². The lowest BCUT2D eigenvalue weighted by molar-refractivity contribution is -0.110. The Morgan fingerprint density at radius 3 is 2.37 bits per heavy atom. The number of carbonyl (C=O) groups excluding carboxylic acids is 2. The highest BCUT2D eigenvalue weighted by molar-refractivity contribution is 6.33. The van der Waals surface area contributed by atoms with E-state index in [2.05, 4.69) is 42.7 Å². The van der Waals surface area contributed by atoms with Gasteiger partial charge in [-0.3, -0.25) is 0 Å². The summed E-state index contributed by atoms with van der Waals surface area (Å²) in [4.78, 5) is 25.3. The summed E-state index contributed by atoms with van der Waals surface area (Å²) in [5, 5.41) is 7.07. The highest BCUT2D eigenvalue weighted by Gasteiger charge is 2.45. The van der Waals surface area contributed by atoms with Crippen LogP contribution in [0.25, 0.3) is 0 Å². The Morgan fingerprint density at radius 1 is 1.03 bits per heavy atom. The Balaban J connectivity index is 1.26. The Labute approximate surface area is 213 Å². The molecular formula is C29H36ClN3O2. The van der Waals surface area contributed by atoms with Crippen molar-refractivity contribution < 1.29 is 9.59 Å². The molecule has 35 heavy (non-hydrogen) atoms. The molecule has 2 bridgehead atoms. The number of amides is 2. The van der Waals surface area contributed by atoms with E-state index in [1.54, 1.807) is 4.90 Å². The van der Waals surface area contributed by atoms with Gasteiger partial charge in [0.2, 0.25) is 0 Å². The number of rotatable bonds is 5. The molecule has 0 spiro atoms. The molecule has 2 aromatic carbocycles. The number of carbonyl (C=O) groups is 2. The smallest absolute Gasteiger partial charge is 0.322 e. The largest absolute Gasteiger partial charge is 0.354 e. The van der Waals surface area contributed by atoms with Gasteiger partial charge in [0.25, 0.3) is 0 Å². The maximum atomic E-state index is 12.5. The molecule has 0 radical (unpaired) electrons. The van der Waals surface area contributed by atoms with Crippen molar-refractivity contribution >= 4 is 41.0 Å². The van der Waals surface area contributed by atoms with Crippen molar-refractivity contribution in [3.8, 4) is 0 Å². The van der Waals surface area contributed by atoms with E-state index >= 15 is 0 Å². The average molecular weight is 494 g/mol. The fraction of sp³-hybridized carbons (Fsp3) is 0.517. The summed E-state index contributed by atoms with van der Waals surface area (Å²) in [5.74, 6) is 2.38. The van der Waals surface area contributed by atoms with Crippen LogP contribution in [0.1, 0.15) is 64.4 Å². The first-order chi connectivity index (χ1) is 16.8. The number of urea groups is 1. The van der Waals surface area contributed by atoms with Crippen LogP contribution in [0.2, 0.25) is 5.02 Å². The highest BCUT2D eigenvalue weighted by atomic mass is 35.5. The lowest BCUT2D eigenvalue weighted by Gasteiger charge is -2.50. The second kappa shape index (κ2) is 9.85. The van der Waals surface area contributed by atoms with Crippen LogP contribution < -0.4 is 10.6 Å². The van der Waals surface area contributed by atoms with E-state index in [4.69, 9.17) is 11.6 Å². The molecule has 3 atom stereocenters. The van der Waals surface area contributed by atoms with E-state index in [-0.39, 0.29) is 17.5 Å². The zero-order valence-corrected chi connectivity index (χ0v) is 21.5. The Morgan fingerprint density at radius 2 is 1.71 bits per heavy atom. The maximum absolute atomic E-state index is 12.5. The minimum absolute atomic E-state index is 0.227. The molecule has 0 aromatic heterocycles. The molecule has 1 heterocycles. The lowest BCUT2D eigenvalue weighted by Crippen LogP contribution is -2.42. The molecule has 3 fully saturated rings. The molecule has 2 aromatic rings. The van der Waals surface area contributed by atoms with Crippen LogP contribution in [0.5, 0.6) is 0 Å². The SMILES string of the molecule is CC1CC2CC(C)CC(c3ccc(Nc4ccc(NC(=O)N5CCCC5C=O)cc4)c(Cl)c3)(C1)C2. The van der Waals surface area contributed by atoms with Crippen LogP contribution in [0.4, 0.5) is 21.9 Å². The molecule has 6 heteroatoms. The van der Waals surface area contributed by atoms with Crippen molar-refractivity contribution in [2.75, 3.05) is 17.2 Å². The number of fused-ring (bicyclic) bond motifs is 2. The number of hydrogen-bond donors (Lipinski definition) is 2. The highest BCUT2D eigenvalue weighted by Crippen LogP contribution is 2.54. The predicted octanol–water partition coefficient (Wildman–Crippen LogP) is 7.38. The monoisotopic (exact) mass is 493 g/mol. The zero-order valence-electron chi connectivity index (χ0n) is 20.7. The van der Waals surface area contributed by atoms with Crippen LogP contribution in [-0.4, -0.2) is 29.8 Å². The van der Waals surface area contributed by atoms with Gasteiger partial charge in [-0.2, -0.15) is 0 Å². The minimum Gasteiger partial charge on any atom is -0.354 e. The van der Waals surface area contributed by atoms with Crippen LogP contribution in [0, 0.1) is 17.8 Å². The quantitative estimate of drug-likeness (QED) is 0.427. The second-order valence-corrected chi connectivity index (χ2v) is 11.7. The Hall–Kier alpha value is -2.53. The van der Waals surface area contributed by atoms with Gasteiger partial charge in [0, 0.05) is 17.9 Å². The summed E-state index contributed by atoms with van der Waals surface area (Å²) < 4.78 is 0. The van der Waals surface area contributed by atoms with E-state index in [0.29, 0.717) is 12.2 Å². The van der Waals surface area contributed by atoms with Gasteiger partial charge in [0.05, 0.1) is 16.8 Å². The zero-order chi connectivity index (χ0) is 24.6. The molecule has 5 rings (SSSR count). The Bertz CT molecular complexity index is 1070. The lowest BCUT2D eigenvalue weighted by atomic mass is 9.54. The van der Waals surface area contributed by atoms with Crippen LogP contribution in [0.3, 0.4) is 0 Å². The third-order valence-electron chi connectivity index (χ3n) is 8.34. The maximum Gasteiger partial charge on any atom is 0.322 e. The van der Waals surface area contributed by atoms with E-state index in [9.17, 15) is 9.59 Å². The predicted molar refractivity (Wildman–Crippen MR) is 143 cm³/mol. The molecular weight excluding hydrogens is 458 g/mol. The van der Waals surface area contributed by atoms with Gasteiger partial charge in [-0.05, 0) is 110 Å². The van der Waals surface area contributed by atoms with Crippen LogP contribution >= 0.6 is 11.6 Å². The second-order valence-electron chi connectivity index (χ2n) is 11.3. The number of nitrogens with one attached hydrogen (secondary N) is 2. The molecule has 5 nitrogen and oxygen atoms in total. The summed E-state index contributed by atoms with van der Waals surface area (Å²) in [5.41, 5.74) is 4.15. The number of hydrogen-bond acceptors (Lipinski definition) is 3. The third-order valence-corrected chi connectivity index (χ3v) is 8.66. The van der Waals surface area contributed by atoms with Crippen LogP contribution in [-0.2, 0) is 10.2 Å². The standard InChI is InChI=1S/C29H36ClN3O2/c1-19-12-21-13-20(2)16-29(15-19,17-21)22-5-10-27(26(30)14-22)31-23-6-8-24(9-7-23)32-28(35)33-11-3-4-25(33)18-34/h5-10,14,18-21,25,31H,3-4,11-13,15-17H2,1-2H3,(H,32,35). The molecule has 1 saturated heterocycles. The first-order valence-corrected chi connectivity index (χ1v) is 13.4. The molecule has 3 aliphatic rings. The van der Waals surface area contributed by atoms with Gasteiger partial charge < -0.3 is 20.3 Å². The van der Waals surface area contributed by atoms with Crippen molar-refractivity contribution in [1.82, 2.24) is 4.90 Å². The molecule has 3 unspecified atom stereocenters. The molecule has 2 aliphatic carbocycles. The number of halogens is 1. The number of nitrogens with zero attached hydrogens (tertiary/aromatic N) is 1. The van der Waals surface area contributed by atoms with Gasteiger partial charge in [0.15, 0.2) is 0 Å². The minimum atomic E-state index is -0.319. The molecule has 186 valence electrons. The van der Waals surface area contributed by atoms with Crippen LogP contribution in [0.15, 0.2) is 42.5 Å². The fourth-order valence-corrected chi connectivity index (χ4v) is 7.41. The Kier molecular flexibility index (Phi) is 6.80. The summed E-state index contributed by atoms with van der Waals surface area (Å²) >= 11 is 6.79. The average Bonchev–Trinajstić information content (AvgIpc) is 3.30. The molecule has 2 N–H and O–H groups in total. The molecule has 1 aliphatic heterocycles. The van der Waals surface area contributed by atoms with Crippen molar-refractivity contribution in [2.45, 2.75) is 70.3 Å². The first kappa shape index (κ1) is 24.2. The fourth-order valence-electron chi connectivity index (χ4n) is 7.18. The third kappa shape index (κ3) is 5.06. The number of anilines is 3. The molecule has 2 saturated carbocycles. The van der Waals surface area contributed by atoms with Crippen molar-refractivity contribution in [3.63, 3.8) is 0 Å². The van der Waals surface area contributed by atoms with E-state index in [1.165, 1.54) is 37.7 Å². The normalized spacial score (nSPS) is 30.1. The summed E-state index contributed by atoms with van der Waals surface area (Å²) in [6, 6.07) is 13.6. The number of benzene rings is 2. The van der Waals surface area contributed by atoms with Gasteiger partial charge in [-0.25, -0.2) is 4.79 Å².